The van der Waals surface area contributed by atoms with Crippen LogP contribution in [-0.2, 0) is 22.5 Å². The molecule has 0 saturated carbocycles. The molecule has 0 saturated heterocycles. The summed E-state index contributed by atoms with van der Waals surface area (Å²) in [5.41, 5.74) is 6.34. The molecule has 0 unspecified atom stereocenters. The molecule has 3 aromatic rings. The molecule has 0 spiro atoms. The highest BCUT2D eigenvalue weighted by atomic mass is 79.9. The lowest BCUT2D eigenvalue weighted by atomic mass is 9.86. The molecule has 1 amide bonds. The number of rotatable bonds is 11. The van der Waals surface area contributed by atoms with E-state index >= 15 is 0 Å². The Hall–Kier alpha value is -3.27. The zero-order valence-corrected chi connectivity index (χ0v) is 22.0. The Bertz CT molecular complexity index is 1250. The second kappa shape index (κ2) is 12.3. The molecule has 0 aliphatic carbocycles. The van der Waals surface area contributed by atoms with E-state index in [9.17, 15) is 9.18 Å². The van der Waals surface area contributed by atoms with Gasteiger partial charge >= 0.3 is 0 Å². The maximum atomic E-state index is 14.0. The van der Waals surface area contributed by atoms with E-state index in [0.717, 1.165) is 10.0 Å². The fourth-order valence-corrected chi connectivity index (χ4v) is 4.47. The van der Waals surface area contributed by atoms with Crippen LogP contribution in [0.25, 0.3) is 0 Å². The Kier molecular flexibility index (Phi) is 8.91. The summed E-state index contributed by atoms with van der Waals surface area (Å²) in [6.07, 6.45) is 0.256. The van der Waals surface area contributed by atoms with E-state index in [1.54, 1.807) is 30.3 Å². The summed E-state index contributed by atoms with van der Waals surface area (Å²) in [6, 6.07) is 21.3. The summed E-state index contributed by atoms with van der Waals surface area (Å²) >= 11 is 3.57. The number of hydrogen-bond acceptors (Lipinski definition) is 6. The maximum absolute atomic E-state index is 14.0. The van der Waals surface area contributed by atoms with Crippen LogP contribution in [-0.4, -0.2) is 41.8 Å². The van der Waals surface area contributed by atoms with Gasteiger partial charge in [0.1, 0.15) is 17.7 Å². The van der Waals surface area contributed by atoms with Crippen molar-refractivity contribution in [3.63, 3.8) is 0 Å². The quantitative estimate of drug-likeness (QED) is 0.236. The molecule has 3 N–H and O–H groups in total. The van der Waals surface area contributed by atoms with Crippen LogP contribution < -0.4 is 15.6 Å². The number of nitrogens with zero attached hydrogens (tertiary/aromatic N) is 1. The van der Waals surface area contributed by atoms with Crippen molar-refractivity contribution in [2.45, 2.75) is 38.0 Å². The van der Waals surface area contributed by atoms with E-state index in [0.29, 0.717) is 35.8 Å². The number of carbonyl (C=O) groups excluding carboxylic acids is 1. The highest BCUT2D eigenvalue weighted by Crippen LogP contribution is 2.34. The first-order valence-corrected chi connectivity index (χ1v) is 12.8. The molecule has 37 heavy (non-hydrogen) atoms. The number of halogens is 2. The van der Waals surface area contributed by atoms with Crippen molar-refractivity contribution in [3.8, 4) is 5.75 Å². The summed E-state index contributed by atoms with van der Waals surface area (Å²) in [7, 11) is 0. The Balaban J connectivity index is 1.57. The highest BCUT2D eigenvalue weighted by molar-refractivity contribution is 9.10. The van der Waals surface area contributed by atoms with Crippen molar-refractivity contribution in [1.82, 2.24) is 10.9 Å². The minimum Gasteiger partial charge on any atom is -0.494 e. The first-order valence-electron chi connectivity index (χ1n) is 12.0. The van der Waals surface area contributed by atoms with E-state index in [1.807, 2.05) is 43.3 Å². The summed E-state index contributed by atoms with van der Waals surface area (Å²) in [5.74, 6) is 0.281. The first-order chi connectivity index (χ1) is 17.9. The summed E-state index contributed by atoms with van der Waals surface area (Å²) in [6.45, 7) is 2.42. The molecule has 2 atom stereocenters. The van der Waals surface area contributed by atoms with E-state index in [2.05, 4.69) is 26.8 Å². The molecule has 194 valence electrons. The third kappa shape index (κ3) is 6.36. The smallest absolute Gasteiger partial charge is 0.266 e. The predicted molar refractivity (Wildman–Crippen MR) is 143 cm³/mol. The van der Waals surface area contributed by atoms with Crippen molar-refractivity contribution in [2.24, 2.45) is 4.99 Å². The maximum Gasteiger partial charge on any atom is 0.266 e. The fourth-order valence-electron chi connectivity index (χ4n) is 4.05. The highest BCUT2D eigenvalue weighted by Gasteiger charge is 2.50. The molecule has 0 radical (unpaired) electrons. The zero-order chi connectivity index (χ0) is 26.3. The molecule has 1 aliphatic rings. The van der Waals surface area contributed by atoms with Gasteiger partial charge in [-0.15, -0.1) is 0 Å². The Morgan fingerprint density at radius 3 is 2.51 bits per heavy atom. The monoisotopic (exact) mass is 569 g/mol. The predicted octanol–water partition coefficient (Wildman–Crippen LogP) is 4.32. The SMILES string of the molecule is C[C@@H]1OC(c2ccc(OCCCO)cc2)=N[C@]1(Cc1ccccc1Br)C(=O)NNCc1ccccc1F. The second-order valence-corrected chi connectivity index (χ2v) is 9.57. The van der Waals surface area contributed by atoms with Gasteiger partial charge in [-0.05, 0) is 48.9 Å². The van der Waals surface area contributed by atoms with Crippen LogP contribution >= 0.6 is 15.9 Å². The lowest BCUT2D eigenvalue weighted by molar-refractivity contribution is -0.129. The molecule has 0 fully saturated rings. The number of aliphatic imine (C=N–C) groups is 1. The minimum atomic E-state index is -1.27. The standard InChI is InChI=1S/C28H29BrFN3O4/c1-19-28(17-21-7-2-4-9-24(21)29,27(35)33-31-18-22-8-3-5-10-25(22)30)32-26(37-19)20-11-13-23(14-12-20)36-16-6-15-34/h2-5,7-14,19,31,34H,6,15-18H2,1H3,(H,33,35)/t19-,28-/m0/s1. The van der Waals surface area contributed by atoms with Gasteiger partial charge in [0.25, 0.3) is 5.91 Å². The number of aliphatic hydroxyl groups is 1. The molecular formula is C28H29BrFN3O4. The van der Waals surface area contributed by atoms with Crippen LogP contribution in [0.1, 0.15) is 30.0 Å². The summed E-state index contributed by atoms with van der Waals surface area (Å²) in [5, 5.41) is 8.93. The number of amides is 1. The molecule has 3 aromatic carbocycles. The van der Waals surface area contributed by atoms with Crippen LogP contribution in [0.5, 0.6) is 5.75 Å². The molecule has 0 bridgehead atoms. The number of carbonyl (C=O) groups is 1. The van der Waals surface area contributed by atoms with Crippen LogP contribution in [0.4, 0.5) is 4.39 Å². The van der Waals surface area contributed by atoms with Crippen molar-refractivity contribution in [2.75, 3.05) is 13.2 Å². The molecule has 1 aliphatic heterocycles. The molecule has 4 rings (SSSR count). The van der Waals surface area contributed by atoms with Gasteiger partial charge in [0.05, 0.1) is 6.61 Å². The zero-order valence-electron chi connectivity index (χ0n) is 20.4. The van der Waals surface area contributed by atoms with Gasteiger partial charge in [-0.2, -0.15) is 0 Å². The van der Waals surface area contributed by atoms with E-state index in [4.69, 9.17) is 19.6 Å². The van der Waals surface area contributed by atoms with Gasteiger partial charge in [-0.3, -0.25) is 10.2 Å². The molecule has 7 nitrogen and oxygen atoms in total. The second-order valence-electron chi connectivity index (χ2n) is 8.72. The number of nitrogens with one attached hydrogen (secondary N) is 2. The number of aliphatic hydroxyl groups excluding tert-OH is 1. The number of benzene rings is 3. The Morgan fingerprint density at radius 2 is 1.81 bits per heavy atom. The lowest BCUT2D eigenvalue weighted by Crippen LogP contribution is -2.55. The Morgan fingerprint density at radius 1 is 1.11 bits per heavy atom. The fraction of sp³-hybridized carbons (Fsp3) is 0.286. The lowest BCUT2D eigenvalue weighted by Gasteiger charge is -2.28. The van der Waals surface area contributed by atoms with Crippen LogP contribution in [0.3, 0.4) is 0 Å². The number of hydrazine groups is 1. The van der Waals surface area contributed by atoms with Crippen LogP contribution in [0.15, 0.2) is 82.3 Å². The van der Waals surface area contributed by atoms with Crippen LogP contribution in [0.2, 0.25) is 0 Å². The topological polar surface area (TPSA) is 92.2 Å². The van der Waals surface area contributed by atoms with Gasteiger partial charge in [0.2, 0.25) is 5.90 Å². The third-order valence-corrected chi connectivity index (χ3v) is 6.96. The largest absolute Gasteiger partial charge is 0.494 e. The van der Waals surface area contributed by atoms with E-state index < -0.39 is 11.6 Å². The van der Waals surface area contributed by atoms with Gasteiger partial charge in [-0.1, -0.05) is 52.3 Å². The normalized spacial score (nSPS) is 18.7. The van der Waals surface area contributed by atoms with Gasteiger partial charge < -0.3 is 14.6 Å². The Labute approximate surface area is 223 Å². The van der Waals surface area contributed by atoms with Crippen molar-refractivity contribution >= 4 is 27.7 Å². The average Bonchev–Trinajstić information content (AvgIpc) is 3.24. The third-order valence-electron chi connectivity index (χ3n) is 6.18. The summed E-state index contributed by atoms with van der Waals surface area (Å²) < 4.78 is 26.6. The van der Waals surface area contributed by atoms with Gasteiger partial charge in [-0.25, -0.2) is 14.8 Å². The van der Waals surface area contributed by atoms with Crippen molar-refractivity contribution < 1.29 is 23.8 Å². The van der Waals surface area contributed by atoms with Gasteiger partial charge in [0, 0.05) is 41.6 Å². The van der Waals surface area contributed by atoms with Crippen LogP contribution in [0, 0.1) is 5.82 Å². The number of ether oxygens (including phenoxy) is 2. The van der Waals surface area contributed by atoms with Crippen molar-refractivity contribution in [1.29, 1.82) is 0 Å². The first kappa shape index (κ1) is 26.8. The molecular weight excluding hydrogens is 541 g/mol. The van der Waals surface area contributed by atoms with E-state index in [-0.39, 0.29) is 31.3 Å². The van der Waals surface area contributed by atoms with E-state index in [1.165, 1.54) is 6.07 Å². The molecule has 0 aromatic heterocycles. The molecule has 9 heteroatoms. The van der Waals surface area contributed by atoms with Gasteiger partial charge in [0.15, 0.2) is 5.54 Å². The summed E-state index contributed by atoms with van der Waals surface area (Å²) in [4.78, 5) is 18.5. The molecule has 1 heterocycles. The minimum absolute atomic E-state index is 0.0669. The van der Waals surface area contributed by atoms with Crippen molar-refractivity contribution in [3.05, 3.63) is 99.8 Å². The number of hydrogen-bond donors (Lipinski definition) is 3. The average molecular weight is 570 g/mol.